The second kappa shape index (κ2) is 7.07. The van der Waals surface area contributed by atoms with Crippen LogP contribution in [0.1, 0.15) is 27.6 Å². The lowest BCUT2D eigenvalue weighted by Crippen LogP contribution is -2.20. The smallest absolute Gasteiger partial charge is 0.336 e. The number of terminal acetylenes is 1. The van der Waals surface area contributed by atoms with Crippen molar-refractivity contribution in [1.29, 1.82) is 0 Å². The van der Waals surface area contributed by atoms with Crippen molar-refractivity contribution in [1.82, 2.24) is 5.32 Å². The molecule has 0 fully saturated rings. The number of nitrogens with one attached hydrogen (secondary N) is 1. The van der Waals surface area contributed by atoms with E-state index in [1.807, 2.05) is 0 Å². The lowest BCUT2D eigenvalue weighted by molar-refractivity contribution is 0.0691. The van der Waals surface area contributed by atoms with Gasteiger partial charge in [0.25, 0.3) is 5.91 Å². The van der Waals surface area contributed by atoms with Crippen LogP contribution in [0.3, 0.4) is 0 Å². The number of amides is 1. The molecule has 1 aromatic carbocycles. The SMILES string of the molecule is C#CC.CNC(=O)c1ccccc1C(=O)O. The maximum Gasteiger partial charge on any atom is 0.336 e. The predicted octanol–water partition coefficient (Wildman–Crippen LogP) is 1.38. The molecule has 0 saturated heterocycles. The molecule has 16 heavy (non-hydrogen) atoms. The molecule has 0 unspecified atom stereocenters. The molecule has 4 nitrogen and oxygen atoms in total. The van der Waals surface area contributed by atoms with E-state index >= 15 is 0 Å². The molecule has 2 N–H and O–H groups in total. The van der Waals surface area contributed by atoms with Gasteiger partial charge in [0.1, 0.15) is 0 Å². The van der Waals surface area contributed by atoms with Gasteiger partial charge in [0.05, 0.1) is 11.1 Å². The molecule has 1 aromatic rings. The van der Waals surface area contributed by atoms with E-state index in [0.29, 0.717) is 0 Å². The van der Waals surface area contributed by atoms with Crippen molar-refractivity contribution in [3.05, 3.63) is 35.4 Å². The van der Waals surface area contributed by atoms with Gasteiger partial charge in [-0.1, -0.05) is 12.1 Å². The largest absolute Gasteiger partial charge is 0.478 e. The summed E-state index contributed by atoms with van der Waals surface area (Å²) < 4.78 is 0. The molecule has 1 rings (SSSR count). The van der Waals surface area contributed by atoms with Crippen molar-refractivity contribution in [3.63, 3.8) is 0 Å². The van der Waals surface area contributed by atoms with Crippen LogP contribution in [-0.2, 0) is 0 Å². The number of hydrogen-bond acceptors (Lipinski definition) is 2. The minimum absolute atomic E-state index is 0.0156. The summed E-state index contributed by atoms with van der Waals surface area (Å²) >= 11 is 0. The van der Waals surface area contributed by atoms with E-state index in [9.17, 15) is 9.59 Å². The molecule has 0 aliphatic heterocycles. The maximum atomic E-state index is 11.2. The molecule has 0 radical (unpaired) electrons. The zero-order valence-corrected chi connectivity index (χ0v) is 9.15. The fourth-order valence-electron chi connectivity index (χ4n) is 1.00. The van der Waals surface area contributed by atoms with Crippen molar-refractivity contribution in [3.8, 4) is 12.3 Å². The number of benzene rings is 1. The average molecular weight is 219 g/mol. The Morgan fingerprint density at radius 1 is 1.31 bits per heavy atom. The van der Waals surface area contributed by atoms with Crippen molar-refractivity contribution in [2.24, 2.45) is 0 Å². The number of carboxylic acid groups (broad SMARTS) is 1. The van der Waals surface area contributed by atoms with Gasteiger partial charge in [0, 0.05) is 7.05 Å². The van der Waals surface area contributed by atoms with Crippen LogP contribution in [0.25, 0.3) is 0 Å². The van der Waals surface area contributed by atoms with Crippen LogP contribution < -0.4 is 5.32 Å². The van der Waals surface area contributed by atoms with Crippen LogP contribution in [-0.4, -0.2) is 24.0 Å². The highest BCUT2D eigenvalue weighted by atomic mass is 16.4. The molecule has 0 aromatic heterocycles. The summed E-state index contributed by atoms with van der Waals surface area (Å²) in [5, 5.41) is 11.1. The van der Waals surface area contributed by atoms with Gasteiger partial charge >= 0.3 is 5.97 Å². The van der Waals surface area contributed by atoms with Crippen LogP contribution in [0.5, 0.6) is 0 Å². The first kappa shape index (κ1) is 13.7. The fourth-order valence-corrected chi connectivity index (χ4v) is 1.00. The third-order valence-electron chi connectivity index (χ3n) is 1.63. The van der Waals surface area contributed by atoms with Crippen LogP contribution in [0.2, 0.25) is 0 Å². The second-order valence-electron chi connectivity index (χ2n) is 2.72. The molecule has 0 spiro atoms. The third kappa shape index (κ3) is 3.84. The molecule has 0 heterocycles. The van der Waals surface area contributed by atoms with E-state index in [0.717, 1.165) is 0 Å². The first-order valence-electron chi connectivity index (χ1n) is 4.50. The lowest BCUT2D eigenvalue weighted by Gasteiger charge is -2.02. The van der Waals surface area contributed by atoms with Gasteiger partial charge in [-0.15, -0.1) is 12.3 Å². The molecular formula is C12H13NO3. The summed E-state index contributed by atoms with van der Waals surface area (Å²) in [5.41, 5.74) is 0.194. The Balaban J connectivity index is 0.000000673. The van der Waals surface area contributed by atoms with E-state index in [-0.39, 0.29) is 11.1 Å². The van der Waals surface area contributed by atoms with E-state index < -0.39 is 11.9 Å². The van der Waals surface area contributed by atoms with Gasteiger partial charge in [-0.25, -0.2) is 4.79 Å². The number of carbonyl (C=O) groups excluding carboxylic acids is 1. The number of aromatic carboxylic acids is 1. The van der Waals surface area contributed by atoms with Crippen molar-refractivity contribution < 1.29 is 14.7 Å². The molecule has 0 atom stereocenters. The Bertz CT molecular complexity index is 419. The zero-order valence-electron chi connectivity index (χ0n) is 9.15. The summed E-state index contributed by atoms with van der Waals surface area (Å²) in [7, 11) is 1.46. The number of hydrogen-bond donors (Lipinski definition) is 2. The summed E-state index contributed by atoms with van der Waals surface area (Å²) in [4.78, 5) is 21.8. The molecule has 0 bridgehead atoms. The van der Waals surface area contributed by atoms with Gasteiger partial charge < -0.3 is 10.4 Å². The minimum Gasteiger partial charge on any atom is -0.478 e. The standard InChI is InChI=1S/C9H9NO3.C3H4/c1-10-8(11)6-4-2-3-5-7(6)9(12)13;1-3-2/h2-5H,1H3,(H,10,11)(H,12,13);1H,2H3. The number of carboxylic acids is 1. The lowest BCUT2D eigenvalue weighted by atomic mass is 10.1. The van der Waals surface area contributed by atoms with Crippen LogP contribution in [0.4, 0.5) is 0 Å². The quantitative estimate of drug-likeness (QED) is 0.738. The summed E-state index contributed by atoms with van der Waals surface area (Å²) in [5.74, 6) is 0.761. The van der Waals surface area contributed by atoms with Crippen LogP contribution in [0, 0.1) is 12.3 Å². The first-order chi connectivity index (χ1) is 7.58. The highest BCUT2D eigenvalue weighted by Crippen LogP contribution is 2.07. The van der Waals surface area contributed by atoms with Crippen molar-refractivity contribution >= 4 is 11.9 Å². The molecule has 84 valence electrons. The van der Waals surface area contributed by atoms with E-state index in [2.05, 4.69) is 17.7 Å². The molecule has 0 saturated carbocycles. The first-order valence-corrected chi connectivity index (χ1v) is 4.50. The van der Waals surface area contributed by atoms with Gasteiger partial charge in [0.2, 0.25) is 0 Å². The molecular weight excluding hydrogens is 206 g/mol. The van der Waals surface area contributed by atoms with E-state index in [1.165, 1.54) is 19.2 Å². The van der Waals surface area contributed by atoms with Crippen molar-refractivity contribution in [2.45, 2.75) is 6.92 Å². The fraction of sp³-hybridized carbons (Fsp3) is 0.167. The molecule has 0 aliphatic rings. The molecule has 1 amide bonds. The Labute approximate surface area is 94.3 Å². The normalized spacial score (nSPS) is 8.06. The van der Waals surface area contributed by atoms with Gasteiger partial charge in [-0.3, -0.25) is 4.79 Å². The summed E-state index contributed by atoms with van der Waals surface area (Å²) in [6.45, 7) is 1.65. The van der Waals surface area contributed by atoms with Crippen LogP contribution in [0.15, 0.2) is 24.3 Å². The Morgan fingerprint density at radius 2 is 1.75 bits per heavy atom. The molecule has 0 aliphatic carbocycles. The van der Waals surface area contributed by atoms with Gasteiger partial charge in [-0.2, -0.15) is 0 Å². The highest BCUT2D eigenvalue weighted by molar-refractivity contribution is 6.04. The van der Waals surface area contributed by atoms with Crippen LogP contribution >= 0.6 is 0 Å². The monoisotopic (exact) mass is 219 g/mol. The summed E-state index contributed by atoms with van der Waals surface area (Å²) in [6, 6.07) is 6.07. The average Bonchev–Trinajstić information content (AvgIpc) is 2.29. The highest BCUT2D eigenvalue weighted by Gasteiger charge is 2.13. The predicted molar refractivity (Wildman–Crippen MR) is 61.3 cm³/mol. The zero-order chi connectivity index (χ0) is 12.6. The number of rotatable bonds is 2. The summed E-state index contributed by atoms with van der Waals surface area (Å²) in [6.07, 6.45) is 4.60. The Morgan fingerprint density at radius 3 is 2.12 bits per heavy atom. The van der Waals surface area contributed by atoms with E-state index in [4.69, 9.17) is 5.11 Å². The third-order valence-corrected chi connectivity index (χ3v) is 1.63. The topological polar surface area (TPSA) is 66.4 Å². The Kier molecular flexibility index (Phi) is 6.06. The molecule has 4 heteroatoms. The second-order valence-corrected chi connectivity index (χ2v) is 2.72. The van der Waals surface area contributed by atoms with E-state index in [1.54, 1.807) is 19.1 Å². The maximum absolute atomic E-state index is 11.2. The number of carbonyl (C=O) groups is 2. The van der Waals surface area contributed by atoms with Gasteiger partial charge in [0.15, 0.2) is 0 Å². The minimum atomic E-state index is -1.10. The van der Waals surface area contributed by atoms with Gasteiger partial charge in [-0.05, 0) is 19.1 Å². The Hall–Kier alpha value is -2.28. The van der Waals surface area contributed by atoms with Crippen molar-refractivity contribution in [2.75, 3.05) is 7.05 Å².